The van der Waals surface area contributed by atoms with Crippen LogP contribution in [0.1, 0.15) is 21.5 Å². The molecule has 4 aromatic rings. The average Bonchev–Trinajstić information content (AvgIpc) is 2.85. The average molecular weight is 444 g/mol. The molecule has 166 valence electrons. The molecule has 0 aliphatic heterocycles. The lowest BCUT2D eigenvalue weighted by atomic mass is 10.1. The first-order valence-corrected chi connectivity index (χ1v) is 10.5. The molecular weight excluding hydrogens is 422 g/mol. The molecule has 5 nitrogen and oxygen atoms in total. The Balaban J connectivity index is 1.41. The number of aromatic nitrogens is 2. The van der Waals surface area contributed by atoms with Crippen LogP contribution in [0.15, 0.2) is 85.3 Å². The van der Waals surface area contributed by atoms with E-state index < -0.39 is 11.6 Å². The quantitative estimate of drug-likeness (QED) is 0.401. The van der Waals surface area contributed by atoms with Gasteiger partial charge < -0.3 is 10.6 Å². The Morgan fingerprint density at radius 2 is 1.70 bits per heavy atom. The third-order valence-electron chi connectivity index (χ3n) is 5.16. The maximum Gasteiger partial charge on any atom is 0.253 e. The highest BCUT2D eigenvalue weighted by Crippen LogP contribution is 2.26. The van der Waals surface area contributed by atoms with Crippen molar-refractivity contribution in [2.24, 2.45) is 0 Å². The molecule has 0 fully saturated rings. The summed E-state index contributed by atoms with van der Waals surface area (Å²) in [7, 11) is 0. The van der Waals surface area contributed by atoms with Crippen LogP contribution in [0, 0.1) is 11.6 Å². The molecule has 0 unspecified atom stereocenters. The SMILES string of the molecule is O=C(NCc1cccnc1)c1ccc(-c2ccccc2NCCc2c(F)cccc2F)nc1. The van der Waals surface area contributed by atoms with E-state index >= 15 is 0 Å². The third-order valence-corrected chi connectivity index (χ3v) is 5.16. The fourth-order valence-electron chi connectivity index (χ4n) is 3.43. The molecule has 2 aromatic carbocycles. The van der Waals surface area contributed by atoms with Crippen molar-refractivity contribution in [2.45, 2.75) is 13.0 Å². The summed E-state index contributed by atoms with van der Waals surface area (Å²) in [6, 6.07) is 18.6. The van der Waals surface area contributed by atoms with Crippen molar-refractivity contribution < 1.29 is 13.6 Å². The van der Waals surface area contributed by atoms with Crippen LogP contribution in [-0.2, 0) is 13.0 Å². The number of nitrogens with one attached hydrogen (secondary N) is 2. The van der Waals surface area contributed by atoms with Gasteiger partial charge in [0.25, 0.3) is 5.91 Å². The standard InChI is InChI=1S/C26H22F2N4O/c27-22-7-3-8-23(28)20(22)12-14-30-24-9-2-1-6-21(24)25-11-10-19(17-31-25)26(33)32-16-18-5-4-13-29-15-18/h1-11,13,15,17,30H,12,14,16H2,(H,32,33). The lowest BCUT2D eigenvalue weighted by molar-refractivity contribution is 0.0950. The maximum atomic E-state index is 13.9. The predicted molar refractivity (Wildman–Crippen MR) is 124 cm³/mol. The Labute approximate surface area is 190 Å². The molecule has 0 aliphatic carbocycles. The highest BCUT2D eigenvalue weighted by Gasteiger charge is 2.11. The molecule has 4 rings (SSSR count). The number of hydrogen-bond acceptors (Lipinski definition) is 4. The van der Waals surface area contributed by atoms with Gasteiger partial charge in [-0.2, -0.15) is 0 Å². The van der Waals surface area contributed by atoms with Gasteiger partial charge >= 0.3 is 0 Å². The molecule has 33 heavy (non-hydrogen) atoms. The number of rotatable bonds is 8. The zero-order chi connectivity index (χ0) is 23.0. The van der Waals surface area contributed by atoms with E-state index in [-0.39, 0.29) is 17.9 Å². The second-order valence-electron chi connectivity index (χ2n) is 7.40. The number of benzene rings is 2. The third kappa shape index (κ3) is 5.57. The van der Waals surface area contributed by atoms with Gasteiger partial charge in [0.2, 0.25) is 0 Å². The van der Waals surface area contributed by atoms with Crippen molar-refractivity contribution in [3.8, 4) is 11.3 Å². The molecule has 7 heteroatoms. The van der Waals surface area contributed by atoms with E-state index in [2.05, 4.69) is 20.6 Å². The number of anilines is 1. The number of carbonyl (C=O) groups excluding carboxylic acids is 1. The maximum absolute atomic E-state index is 13.9. The van der Waals surface area contributed by atoms with E-state index in [0.717, 1.165) is 16.8 Å². The van der Waals surface area contributed by atoms with E-state index in [9.17, 15) is 13.6 Å². The van der Waals surface area contributed by atoms with E-state index in [1.54, 1.807) is 24.5 Å². The summed E-state index contributed by atoms with van der Waals surface area (Å²) in [5.41, 5.74) is 3.71. The first kappa shape index (κ1) is 22.1. The monoisotopic (exact) mass is 444 g/mol. The second kappa shape index (κ2) is 10.5. The minimum Gasteiger partial charge on any atom is -0.384 e. The van der Waals surface area contributed by atoms with Gasteiger partial charge in [0.05, 0.1) is 11.3 Å². The van der Waals surface area contributed by atoms with E-state index in [1.165, 1.54) is 24.4 Å². The first-order valence-electron chi connectivity index (χ1n) is 10.5. The van der Waals surface area contributed by atoms with Crippen LogP contribution in [0.25, 0.3) is 11.3 Å². The molecule has 2 aromatic heterocycles. The van der Waals surface area contributed by atoms with E-state index in [1.807, 2.05) is 36.4 Å². The molecule has 0 bridgehead atoms. The highest BCUT2D eigenvalue weighted by atomic mass is 19.1. The molecule has 0 saturated carbocycles. The number of amides is 1. The smallest absolute Gasteiger partial charge is 0.253 e. The Morgan fingerprint density at radius 3 is 2.42 bits per heavy atom. The van der Waals surface area contributed by atoms with Gasteiger partial charge in [0.15, 0.2) is 0 Å². The molecule has 2 heterocycles. The van der Waals surface area contributed by atoms with Crippen molar-refractivity contribution in [1.29, 1.82) is 0 Å². The topological polar surface area (TPSA) is 66.9 Å². The van der Waals surface area contributed by atoms with Crippen LogP contribution in [0.3, 0.4) is 0 Å². The van der Waals surface area contributed by atoms with Crippen molar-refractivity contribution in [1.82, 2.24) is 15.3 Å². The van der Waals surface area contributed by atoms with Crippen molar-refractivity contribution in [3.05, 3.63) is 114 Å². The zero-order valence-corrected chi connectivity index (χ0v) is 17.8. The number of pyridine rings is 2. The minimum atomic E-state index is -0.552. The van der Waals surface area contributed by atoms with Gasteiger partial charge in [-0.15, -0.1) is 0 Å². The summed E-state index contributed by atoms with van der Waals surface area (Å²) >= 11 is 0. The fraction of sp³-hybridized carbons (Fsp3) is 0.115. The number of nitrogens with zero attached hydrogens (tertiary/aromatic N) is 2. The molecule has 0 radical (unpaired) electrons. The number of halogens is 2. The van der Waals surface area contributed by atoms with Crippen LogP contribution < -0.4 is 10.6 Å². The van der Waals surface area contributed by atoms with Crippen LogP contribution in [0.2, 0.25) is 0 Å². The Bertz CT molecular complexity index is 1210. The number of hydrogen-bond donors (Lipinski definition) is 2. The van der Waals surface area contributed by atoms with Crippen molar-refractivity contribution >= 4 is 11.6 Å². The van der Waals surface area contributed by atoms with Crippen LogP contribution >= 0.6 is 0 Å². The highest BCUT2D eigenvalue weighted by molar-refractivity contribution is 5.94. The van der Waals surface area contributed by atoms with Gasteiger partial charge in [0, 0.05) is 48.5 Å². The molecular formula is C26H22F2N4O. The summed E-state index contributed by atoms with van der Waals surface area (Å²) in [5.74, 6) is -1.33. The van der Waals surface area contributed by atoms with Gasteiger partial charge in [-0.25, -0.2) is 8.78 Å². The van der Waals surface area contributed by atoms with Crippen molar-refractivity contribution in [2.75, 3.05) is 11.9 Å². The van der Waals surface area contributed by atoms with E-state index in [0.29, 0.717) is 24.3 Å². The second-order valence-corrected chi connectivity index (χ2v) is 7.40. The Hall–Kier alpha value is -4.13. The van der Waals surface area contributed by atoms with Gasteiger partial charge in [-0.1, -0.05) is 30.3 Å². The fourth-order valence-corrected chi connectivity index (χ4v) is 3.43. The largest absolute Gasteiger partial charge is 0.384 e. The zero-order valence-electron chi connectivity index (χ0n) is 17.8. The van der Waals surface area contributed by atoms with Gasteiger partial charge in [-0.3, -0.25) is 14.8 Å². The number of para-hydroxylation sites is 1. The summed E-state index contributed by atoms with van der Waals surface area (Å²) < 4.78 is 27.7. The summed E-state index contributed by atoms with van der Waals surface area (Å²) in [4.78, 5) is 20.9. The lowest BCUT2D eigenvalue weighted by Gasteiger charge is -2.13. The van der Waals surface area contributed by atoms with Crippen molar-refractivity contribution in [3.63, 3.8) is 0 Å². The number of carbonyl (C=O) groups is 1. The van der Waals surface area contributed by atoms with Crippen LogP contribution in [-0.4, -0.2) is 22.4 Å². The first-order chi connectivity index (χ1) is 16.1. The van der Waals surface area contributed by atoms with Gasteiger partial charge in [0.1, 0.15) is 11.6 Å². The van der Waals surface area contributed by atoms with Gasteiger partial charge in [-0.05, 0) is 48.4 Å². The van der Waals surface area contributed by atoms with Crippen LogP contribution in [0.5, 0.6) is 0 Å². The molecule has 0 aliphatic rings. The Kier molecular flexibility index (Phi) is 6.99. The van der Waals surface area contributed by atoms with E-state index in [4.69, 9.17) is 0 Å². The molecule has 1 amide bonds. The summed E-state index contributed by atoms with van der Waals surface area (Å²) in [6.07, 6.45) is 5.11. The normalized spacial score (nSPS) is 10.6. The molecule has 2 N–H and O–H groups in total. The summed E-state index contributed by atoms with van der Waals surface area (Å²) in [5, 5.41) is 6.08. The predicted octanol–water partition coefficient (Wildman–Crippen LogP) is 5.01. The minimum absolute atomic E-state index is 0.0576. The molecule has 0 saturated heterocycles. The Morgan fingerprint density at radius 1 is 0.879 bits per heavy atom. The summed E-state index contributed by atoms with van der Waals surface area (Å²) in [6.45, 7) is 0.730. The van der Waals surface area contributed by atoms with Crippen LogP contribution in [0.4, 0.5) is 14.5 Å². The molecule has 0 spiro atoms. The lowest BCUT2D eigenvalue weighted by Crippen LogP contribution is -2.22. The molecule has 0 atom stereocenters.